The van der Waals surface area contributed by atoms with E-state index < -0.39 is 6.61 Å². The molecule has 0 atom stereocenters. The van der Waals surface area contributed by atoms with Crippen LogP contribution in [0, 0.1) is 0 Å². The van der Waals surface area contributed by atoms with Crippen LogP contribution in [0.4, 0.5) is 8.78 Å². The Balaban J connectivity index is 1.95. The van der Waals surface area contributed by atoms with Crippen LogP contribution in [0.15, 0.2) is 45.8 Å². The number of aromatic amines is 1. The lowest BCUT2D eigenvalue weighted by Crippen LogP contribution is -2.20. The van der Waals surface area contributed by atoms with Gasteiger partial charge in [0.25, 0.3) is 5.56 Å². The summed E-state index contributed by atoms with van der Waals surface area (Å²) in [5.74, 6) is -0.159. The van der Waals surface area contributed by atoms with E-state index in [9.17, 15) is 18.4 Å². The third kappa shape index (κ3) is 4.74. The largest absolute Gasteiger partial charge is 0.490 e. The van der Waals surface area contributed by atoms with Crippen LogP contribution >= 0.6 is 11.3 Å². The van der Waals surface area contributed by atoms with Gasteiger partial charge in [-0.1, -0.05) is 6.07 Å². The molecule has 0 saturated heterocycles. The molecule has 0 radical (unpaired) electrons. The number of carbonyl (C=O) groups excluding carboxylic acids is 1. The number of H-pyrrole nitrogens is 1. The van der Waals surface area contributed by atoms with Gasteiger partial charge < -0.3 is 18.9 Å². The summed E-state index contributed by atoms with van der Waals surface area (Å²) in [6, 6.07) is 7.48. The van der Waals surface area contributed by atoms with Crippen molar-refractivity contribution in [2.24, 2.45) is 0 Å². The Morgan fingerprint density at radius 1 is 1.32 bits per heavy atom. The van der Waals surface area contributed by atoms with Gasteiger partial charge in [-0.2, -0.15) is 8.78 Å². The third-order valence-electron chi connectivity index (χ3n) is 3.49. The molecule has 0 aliphatic carbocycles. The Labute approximate surface area is 161 Å². The van der Waals surface area contributed by atoms with Crippen molar-refractivity contribution in [1.82, 2.24) is 4.98 Å². The van der Waals surface area contributed by atoms with Gasteiger partial charge in [0.2, 0.25) is 5.78 Å². The van der Waals surface area contributed by atoms with Crippen molar-refractivity contribution in [3.8, 4) is 11.5 Å². The van der Waals surface area contributed by atoms with Gasteiger partial charge in [-0.15, -0.1) is 11.3 Å². The molecule has 1 aromatic carbocycles. The summed E-state index contributed by atoms with van der Waals surface area (Å²) in [6.45, 7) is -1.000. The second-order valence-corrected chi connectivity index (χ2v) is 6.52. The number of aromatic nitrogens is 1. The van der Waals surface area contributed by atoms with E-state index in [0.29, 0.717) is 14.8 Å². The summed E-state index contributed by atoms with van der Waals surface area (Å²) in [6.07, 6.45) is 4.22. The smallest absolute Gasteiger partial charge is 0.387 e. The number of carbonyl (C=O) groups is 1. The predicted molar refractivity (Wildman–Crippen MR) is 99.5 cm³/mol. The Bertz CT molecular complexity index is 1130. The van der Waals surface area contributed by atoms with Crippen LogP contribution in [0.1, 0.15) is 23.0 Å². The molecule has 6 nitrogen and oxygen atoms in total. The standard InChI is InChI=1S/C19H15F2NO5S/c1-2-25-15-8-11(5-6-14(15)27-19(20)21)9-16-18(24)22-17(28-16)10-12(23)13-4-3-7-26-13/h3-10,19H,2H2,1H3,(H,22,24)/b16-9-,17-10-. The molecule has 146 valence electrons. The number of Topliss-reactive ketones (excluding diaryl/α,β-unsaturated/α-hetero) is 1. The summed E-state index contributed by atoms with van der Waals surface area (Å²) in [4.78, 5) is 26.8. The minimum Gasteiger partial charge on any atom is -0.490 e. The summed E-state index contributed by atoms with van der Waals surface area (Å²) in [5.41, 5.74) is 0.177. The summed E-state index contributed by atoms with van der Waals surface area (Å²) >= 11 is 1.08. The average molecular weight is 407 g/mol. The first-order valence-corrected chi connectivity index (χ1v) is 9.00. The maximum atomic E-state index is 12.5. The number of halogens is 2. The van der Waals surface area contributed by atoms with E-state index in [1.165, 1.54) is 36.6 Å². The van der Waals surface area contributed by atoms with E-state index >= 15 is 0 Å². The number of benzene rings is 1. The van der Waals surface area contributed by atoms with Gasteiger partial charge in [0.1, 0.15) is 0 Å². The van der Waals surface area contributed by atoms with Gasteiger partial charge in [-0.05, 0) is 42.8 Å². The average Bonchev–Trinajstić information content (AvgIpc) is 3.28. The zero-order chi connectivity index (χ0) is 20.1. The molecule has 0 amide bonds. The Morgan fingerprint density at radius 3 is 2.82 bits per heavy atom. The molecule has 0 bridgehead atoms. The molecule has 2 heterocycles. The molecule has 0 aliphatic rings. The molecule has 9 heteroatoms. The van der Waals surface area contributed by atoms with Gasteiger partial charge in [-0.25, -0.2) is 0 Å². The summed E-state index contributed by atoms with van der Waals surface area (Å²) in [5, 5.41) is 0. The number of ether oxygens (including phenoxy) is 2. The fraction of sp³-hybridized carbons (Fsp3) is 0.158. The number of ketones is 1. The van der Waals surface area contributed by atoms with Crippen LogP contribution in [0.25, 0.3) is 12.2 Å². The van der Waals surface area contributed by atoms with Crippen molar-refractivity contribution in [1.29, 1.82) is 0 Å². The monoisotopic (exact) mass is 407 g/mol. The first kappa shape index (κ1) is 19.6. The molecule has 28 heavy (non-hydrogen) atoms. The number of thiazole rings is 1. The number of hydrogen-bond acceptors (Lipinski definition) is 6. The van der Waals surface area contributed by atoms with E-state index in [0.717, 1.165) is 11.3 Å². The number of furan rings is 1. The van der Waals surface area contributed by atoms with Gasteiger partial charge in [0.15, 0.2) is 17.3 Å². The topological polar surface area (TPSA) is 81.5 Å². The van der Waals surface area contributed by atoms with Crippen LogP contribution in [0.2, 0.25) is 0 Å². The van der Waals surface area contributed by atoms with Crippen LogP contribution in [0.3, 0.4) is 0 Å². The molecule has 1 N–H and O–H groups in total. The second kappa shape index (κ2) is 8.66. The van der Waals surface area contributed by atoms with Gasteiger partial charge in [-0.3, -0.25) is 9.59 Å². The van der Waals surface area contributed by atoms with Crippen LogP contribution in [-0.2, 0) is 0 Å². The van der Waals surface area contributed by atoms with Crippen LogP contribution in [0.5, 0.6) is 11.5 Å². The number of alkyl halides is 2. The van der Waals surface area contributed by atoms with Crippen molar-refractivity contribution >= 4 is 29.3 Å². The molecule has 0 aliphatic heterocycles. The molecule has 3 rings (SSSR count). The minimum atomic E-state index is -2.97. The number of hydrogen-bond donors (Lipinski definition) is 1. The normalized spacial score (nSPS) is 12.6. The molecule has 2 aromatic heterocycles. The van der Waals surface area contributed by atoms with Crippen LogP contribution < -0.4 is 24.2 Å². The van der Waals surface area contributed by atoms with E-state index in [-0.39, 0.29) is 35.2 Å². The molecule has 0 saturated carbocycles. The lowest BCUT2D eigenvalue weighted by atomic mass is 10.2. The maximum Gasteiger partial charge on any atom is 0.387 e. The maximum absolute atomic E-state index is 12.5. The zero-order valence-corrected chi connectivity index (χ0v) is 15.4. The second-order valence-electron chi connectivity index (χ2n) is 5.43. The predicted octanol–water partition coefficient (Wildman–Crippen LogP) is 2.52. The van der Waals surface area contributed by atoms with Crippen molar-refractivity contribution < 1.29 is 27.5 Å². The first-order chi connectivity index (χ1) is 13.5. The Morgan fingerprint density at radius 2 is 2.14 bits per heavy atom. The highest BCUT2D eigenvalue weighted by molar-refractivity contribution is 7.07. The number of rotatable bonds is 7. The van der Waals surface area contributed by atoms with E-state index in [1.54, 1.807) is 19.1 Å². The minimum absolute atomic E-state index is 0.0906. The molecule has 0 unspecified atom stereocenters. The highest BCUT2D eigenvalue weighted by Gasteiger charge is 2.11. The summed E-state index contributed by atoms with van der Waals surface area (Å²) < 4.78 is 40.4. The Hall–Kier alpha value is -3.20. The van der Waals surface area contributed by atoms with E-state index in [4.69, 9.17) is 9.15 Å². The molecule has 0 fully saturated rings. The van der Waals surface area contributed by atoms with E-state index in [2.05, 4.69) is 9.72 Å². The first-order valence-electron chi connectivity index (χ1n) is 8.18. The van der Waals surface area contributed by atoms with Crippen molar-refractivity contribution in [2.45, 2.75) is 13.5 Å². The highest BCUT2D eigenvalue weighted by Crippen LogP contribution is 2.30. The third-order valence-corrected chi connectivity index (χ3v) is 4.45. The lowest BCUT2D eigenvalue weighted by molar-refractivity contribution is -0.0514. The van der Waals surface area contributed by atoms with E-state index in [1.807, 2.05) is 0 Å². The zero-order valence-electron chi connectivity index (χ0n) is 14.6. The summed E-state index contributed by atoms with van der Waals surface area (Å²) in [7, 11) is 0. The lowest BCUT2D eigenvalue weighted by Gasteiger charge is -2.11. The van der Waals surface area contributed by atoms with Crippen LogP contribution in [-0.4, -0.2) is 24.0 Å². The molecular formula is C19H15F2NO5S. The number of nitrogens with one attached hydrogen (secondary N) is 1. The fourth-order valence-electron chi connectivity index (χ4n) is 2.36. The molecule has 0 spiro atoms. The molecular weight excluding hydrogens is 392 g/mol. The van der Waals surface area contributed by atoms with Gasteiger partial charge >= 0.3 is 6.61 Å². The quantitative estimate of drug-likeness (QED) is 0.609. The van der Waals surface area contributed by atoms with Gasteiger partial charge in [0.05, 0.1) is 22.1 Å². The van der Waals surface area contributed by atoms with Gasteiger partial charge in [0, 0.05) is 6.08 Å². The SMILES string of the molecule is CCOc1cc(/C=c2\s/c(=C\C(=O)c3ccco3)[nH]c2=O)ccc1OC(F)F. The fourth-order valence-corrected chi connectivity index (χ4v) is 3.25. The van der Waals surface area contributed by atoms with Crippen molar-refractivity contribution in [2.75, 3.05) is 6.61 Å². The highest BCUT2D eigenvalue weighted by atomic mass is 32.1. The van der Waals surface area contributed by atoms with Crippen molar-refractivity contribution in [3.05, 3.63) is 67.5 Å². The van der Waals surface area contributed by atoms with Crippen molar-refractivity contribution in [3.63, 3.8) is 0 Å². The molecule has 3 aromatic rings. The Kier molecular flexibility index (Phi) is 6.05.